The van der Waals surface area contributed by atoms with Crippen molar-refractivity contribution in [1.82, 2.24) is 0 Å². The molecule has 1 heterocycles. The summed E-state index contributed by atoms with van der Waals surface area (Å²) >= 11 is 0. The van der Waals surface area contributed by atoms with Gasteiger partial charge in [-0.3, -0.25) is 0 Å². The van der Waals surface area contributed by atoms with Gasteiger partial charge in [-0.15, -0.1) is 6.58 Å². The Bertz CT molecular complexity index is 653. The van der Waals surface area contributed by atoms with Crippen LogP contribution in [0.4, 0.5) is 8.78 Å². The van der Waals surface area contributed by atoms with Gasteiger partial charge in [0.15, 0.2) is 17.9 Å². The molecule has 0 spiro atoms. The van der Waals surface area contributed by atoms with Crippen molar-refractivity contribution in [2.45, 2.75) is 63.6 Å². The van der Waals surface area contributed by atoms with Gasteiger partial charge in [-0.1, -0.05) is 12.1 Å². The van der Waals surface area contributed by atoms with Gasteiger partial charge in [-0.05, 0) is 86.8 Å². The zero-order chi connectivity index (χ0) is 19.5. The van der Waals surface area contributed by atoms with Crippen LogP contribution in [0, 0.1) is 35.3 Å². The van der Waals surface area contributed by atoms with Crippen LogP contribution in [0.1, 0.15) is 62.8 Å². The molecule has 0 radical (unpaired) electrons. The molecule has 0 bridgehead atoms. The van der Waals surface area contributed by atoms with Gasteiger partial charge in [0, 0.05) is 11.8 Å². The molecule has 3 fully saturated rings. The first kappa shape index (κ1) is 20.0. The quantitative estimate of drug-likeness (QED) is 0.568. The zero-order valence-corrected chi connectivity index (χ0v) is 16.6. The molecule has 1 aliphatic heterocycles. The SMILES string of the molecule is C=CC1CCC(C2COC(C3CCC(c4ccc(F)c(F)c4)CC3)OC2)CC1. The van der Waals surface area contributed by atoms with E-state index in [-0.39, 0.29) is 6.29 Å². The van der Waals surface area contributed by atoms with E-state index in [1.165, 1.54) is 37.8 Å². The van der Waals surface area contributed by atoms with Crippen LogP contribution in [0.25, 0.3) is 0 Å². The van der Waals surface area contributed by atoms with Gasteiger partial charge in [0.2, 0.25) is 0 Å². The van der Waals surface area contributed by atoms with Gasteiger partial charge >= 0.3 is 0 Å². The molecule has 4 rings (SSSR count). The molecule has 3 aliphatic rings. The Morgan fingerprint density at radius 2 is 1.43 bits per heavy atom. The molecule has 4 heteroatoms. The van der Waals surface area contributed by atoms with Crippen LogP contribution in [0.3, 0.4) is 0 Å². The van der Waals surface area contributed by atoms with Crippen LogP contribution in [0.15, 0.2) is 30.9 Å². The summed E-state index contributed by atoms with van der Waals surface area (Å²) in [6.45, 7) is 5.57. The fourth-order valence-electron chi connectivity index (χ4n) is 5.42. The fourth-order valence-corrected chi connectivity index (χ4v) is 5.42. The van der Waals surface area contributed by atoms with Crippen LogP contribution < -0.4 is 0 Å². The van der Waals surface area contributed by atoms with E-state index in [0.29, 0.717) is 23.7 Å². The number of hydrogen-bond acceptors (Lipinski definition) is 2. The summed E-state index contributed by atoms with van der Waals surface area (Å²) in [5, 5.41) is 0. The second-order valence-corrected chi connectivity index (χ2v) is 8.99. The second kappa shape index (κ2) is 9.04. The lowest BCUT2D eigenvalue weighted by Gasteiger charge is -2.41. The molecule has 0 N–H and O–H groups in total. The molecule has 2 saturated carbocycles. The molecule has 154 valence electrons. The van der Waals surface area contributed by atoms with Gasteiger partial charge in [-0.25, -0.2) is 8.78 Å². The Labute approximate surface area is 167 Å². The molecule has 0 amide bonds. The van der Waals surface area contributed by atoms with E-state index in [2.05, 4.69) is 12.7 Å². The number of benzene rings is 1. The topological polar surface area (TPSA) is 18.5 Å². The van der Waals surface area contributed by atoms with Crippen LogP contribution in [-0.2, 0) is 9.47 Å². The van der Waals surface area contributed by atoms with Crippen molar-refractivity contribution in [3.8, 4) is 0 Å². The van der Waals surface area contributed by atoms with Gasteiger partial charge < -0.3 is 9.47 Å². The van der Waals surface area contributed by atoms with Crippen LogP contribution in [0.2, 0.25) is 0 Å². The predicted molar refractivity (Wildman–Crippen MR) is 106 cm³/mol. The Kier molecular flexibility index (Phi) is 6.47. The smallest absolute Gasteiger partial charge is 0.160 e. The lowest BCUT2D eigenvalue weighted by Crippen LogP contribution is -2.41. The fraction of sp³-hybridized carbons (Fsp3) is 0.667. The van der Waals surface area contributed by atoms with E-state index in [1.807, 2.05) is 0 Å². The van der Waals surface area contributed by atoms with E-state index in [4.69, 9.17) is 9.47 Å². The predicted octanol–water partition coefficient (Wildman–Crippen LogP) is 6.22. The third kappa shape index (κ3) is 4.49. The standard InChI is InChI=1S/C24H32F2O2/c1-2-16-3-5-18(6-4-16)21-14-27-24(28-15-21)19-9-7-17(8-10-19)20-11-12-22(25)23(26)13-20/h2,11-13,16-19,21,24H,1,3-10,14-15H2. The minimum atomic E-state index is -0.769. The monoisotopic (exact) mass is 390 g/mol. The summed E-state index contributed by atoms with van der Waals surface area (Å²) in [5.41, 5.74) is 0.915. The highest BCUT2D eigenvalue weighted by molar-refractivity contribution is 5.22. The number of ether oxygens (including phenoxy) is 2. The molecule has 1 aromatic rings. The maximum Gasteiger partial charge on any atom is 0.160 e. The summed E-state index contributed by atoms with van der Waals surface area (Å²) in [4.78, 5) is 0. The summed E-state index contributed by atoms with van der Waals surface area (Å²) in [5.74, 6) is 1.16. The first-order chi connectivity index (χ1) is 13.6. The van der Waals surface area contributed by atoms with Crippen molar-refractivity contribution in [3.05, 3.63) is 48.1 Å². The summed E-state index contributed by atoms with van der Waals surface area (Å²) in [6, 6.07) is 4.33. The second-order valence-electron chi connectivity index (χ2n) is 8.99. The lowest BCUT2D eigenvalue weighted by molar-refractivity contribution is -0.236. The van der Waals surface area contributed by atoms with Crippen LogP contribution in [-0.4, -0.2) is 19.5 Å². The van der Waals surface area contributed by atoms with Crippen molar-refractivity contribution in [2.24, 2.45) is 23.7 Å². The van der Waals surface area contributed by atoms with Crippen LogP contribution in [0.5, 0.6) is 0 Å². The molecule has 1 aromatic carbocycles. The van der Waals surface area contributed by atoms with Crippen molar-refractivity contribution in [1.29, 1.82) is 0 Å². The Morgan fingerprint density at radius 3 is 2.04 bits per heavy atom. The average Bonchev–Trinajstić information content (AvgIpc) is 2.76. The Morgan fingerprint density at radius 1 is 0.786 bits per heavy atom. The largest absolute Gasteiger partial charge is 0.352 e. The summed E-state index contributed by atoms with van der Waals surface area (Å²) < 4.78 is 39.0. The first-order valence-electron chi connectivity index (χ1n) is 10.9. The zero-order valence-electron chi connectivity index (χ0n) is 16.6. The highest BCUT2D eigenvalue weighted by Crippen LogP contribution is 2.41. The highest BCUT2D eigenvalue weighted by Gasteiger charge is 2.36. The van der Waals surface area contributed by atoms with Crippen molar-refractivity contribution < 1.29 is 18.3 Å². The van der Waals surface area contributed by atoms with E-state index in [0.717, 1.165) is 50.4 Å². The Balaban J connectivity index is 1.23. The Hall–Kier alpha value is -1.26. The summed E-state index contributed by atoms with van der Waals surface area (Å²) in [7, 11) is 0. The highest BCUT2D eigenvalue weighted by atomic mass is 19.2. The van der Waals surface area contributed by atoms with Gasteiger partial charge in [0.1, 0.15) is 0 Å². The molecular weight excluding hydrogens is 358 g/mol. The molecule has 2 aliphatic carbocycles. The van der Waals surface area contributed by atoms with Crippen molar-refractivity contribution in [3.63, 3.8) is 0 Å². The minimum absolute atomic E-state index is 0.0910. The third-order valence-electron chi connectivity index (χ3n) is 7.34. The molecule has 0 atom stereocenters. The molecule has 0 unspecified atom stereocenters. The van der Waals surface area contributed by atoms with Gasteiger partial charge in [0.25, 0.3) is 0 Å². The van der Waals surface area contributed by atoms with E-state index < -0.39 is 11.6 Å². The molecule has 28 heavy (non-hydrogen) atoms. The number of halogens is 2. The average molecular weight is 391 g/mol. The van der Waals surface area contributed by atoms with Crippen molar-refractivity contribution >= 4 is 0 Å². The first-order valence-corrected chi connectivity index (χ1v) is 10.9. The number of allylic oxidation sites excluding steroid dienone is 1. The minimum Gasteiger partial charge on any atom is -0.352 e. The number of rotatable bonds is 4. The van der Waals surface area contributed by atoms with Crippen molar-refractivity contribution in [2.75, 3.05) is 13.2 Å². The normalized spacial score (nSPS) is 36.8. The van der Waals surface area contributed by atoms with E-state index in [1.54, 1.807) is 6.07 Å². The third-order valence-corrected chi connectivity index (χ3v) is 7.34. The summed E-state index contributed by atoms with van der Waals surface area (Å²) in [6.07, 6.45) is 11.0. The van der Waals surface area contributed by atoms with Gasteiger partial charge in [0.05, 0.1) is 13.2 Å². The van der Waals surface area contributed by atoms with Crippen LogP contribution >= 0.6 is 0 Å². The van der Waals surface area contributed by atoms with E-state index in [9.17, 15) is 8.78 Å². The molecule has 2 nitrogen and oxygen atoms in total. The number of hydrogen-bond donors (Lipinski definition) is 0. The van der Waals surface area contributed by atoms with Gasteiger partial charge in [-0.2, -0.15) is 0 Å². The van der Waals surface area contributed by atoms with E-state index >= 15 is 0 Å². The molecule has 1 saturated heterocycles. The lowest BCUT2D eigenvalue weighted by atomic mass is 9.75. The molecule has 0 aromatic heterocycles. The maximum absolute atomic E-state index is 13.5. The molecular formula is C24H32F2O2. The maximum atomic E-state index is 13.5.